The first-order valence-corrected chi connectivity index (χ1v) is 9.85. The number of benzene rings is 2. The molecule has 0 unspecified atom stereocenters. The summed E-state index contributed by atoms with van der Waals surface area (Å²) in [6.45, 7) is 4.39. The average molecular weight is 408 g/mol. The van der Waals surface area contributed by atoms with Gasteiger partial charge in [0.25, 0.3) is 0 Å². The Balaban J connectivity index is 2.15. The molecule has 0 radical (unpaired) electrons. The molecule has 6 heteroatoms. The first kappa shape index (κ1) is 22.7. The van der Waals surface area contributed by atoms with Gasteiger partial charge in [-0.25, -0.2) is 0 Å². The molecule has 2 aromatic rings. The second-order valence-corrected chi connectivity index (χ2v) is 6.81. The van der Waals surface area contributed by atoms with Crippen LogP contribution in [0.1, 0.15) is 30.4 Å². The highest BCUT2D eigenvalue weighted by Crippen LogP contribution is 2.17. The minimum Gasteiger partial charge on any atom is -0.497 e. The van der Waals surface area contributed by atoms with Crippen molar-refractivity contribution in [3.8, 4) is 5.75 Å². The van der Waals surface area contributed by atoms with Crippen LogP contribution in [0.15, 0.2) is 83.6 Å². The minimum atomic E-state index is -0.816. The fourth-order valence-electron chi connectivity index (χ4n) is 2.81. The molecule has 0 saturated heterocycles. The molecular formula is C24H29N3O3. The summed E-state index contributed by atoms with van der Waals surface area (Å²) in [5.41, 5.74) is 13.3. The van der Waals surface area contributed by atoms with Gasteiger partial charge in [0, 0.05) is 24.2 Å². The van der Waals surface area contributed by atoms with Gasteiger partial charge in [-0.05, 0) is 48.6 Å². The molecule has 0 spiro atoms. The fourth-order valence-corrected chi connectivity index (χ4v) is 2.81. The van der Waals surface area contributed by atoms with Crippen molar-refractivity contribution in [2.24, 2.45) is 10.8 Å². The number of nitrogens with one attached hydrogen (secondary N) is 1. The molecule has 6 nitrogen and oxygen atoms in total. The number of aryl methyl sites for hydroxylation is 1. The number of ether oxygens (including phenoxy) is 1. The zero-order valence-electron chi connectivity index (χ0n) is 17.3. The van der Waals surface area contributed by atoms with Crippen LogP contribution in [0, 0.1) is 0 Å². The van der Waals surface area contributed by atoms with E-state index in [0.717, 1.165) is 29.0 Å². The Hall–Kier alpha value is -3.54. The van der Waals surface area contributed by atoms with Crippen LogP contribution in [0.5, 0.6) is 5.75 Å². The van der Waals surface area contributed by atoms with E-state index in [1.165, 1.54) is 5.56 Å². The van der Waals surface area contributed by atoms with E-state index in [-0.39, 0.29) is 6.42 Å². The van der Waals surface area contributed by atoms with Crippen LogP contribution in [0.4, 0.5) is 0 Å². The lowest BCUT2D eigenvalue weighted by molar-refractivity contribution is -0.137. The number of nitrogens with zero attached hydrogens (tertiary/aromatic N) is 1. The summed E-state index contributed by atoms with van der Waals surface area (Å²) in [5, 5.41) is 13.2. The molecule has 0 aliphatic rings. The lowest BCUT2D eigenvalue weighted by Gasteiger charge is -2.10. The Kier molecular flexibility index (Phi) is 9.18. The van der Waals surface area contributed by atoms with Crippen molar-refractivity contribution in [3.63, 3.8) is 0 Å². The van der Waals surface area contributed by atoms with Gasteiger partial charge >= 0.3 is 5.97 Å². The van der Waals surface area contributed by atoms with Gasteiger partial charge in [-0.3, -0.25) is 4.79 Å². The van der Waals surface area contributed by atoms with Crippen LogP contribution in [-0.2, 0) is 11.2 Å². The van der Waals surface area contributed by atoms with Crippen LogP contribution in [0.25, 0.3) is 0 Å². The first-order valence-electron chi connectivity index (χ1n) is 9.85. The standard InChI is InChI=1S/C24H29N3O3/c1-18(25)21(13-10-19-11-14-22(30-2)15-12-19)17-23(20-7-4-3-5-8-20)27-26-16-6-9-24(28)29/h3-5,7-8,11-12,14-15,17,26H,1,6,9-10,13,16,25H2,2H3,(H,28,29)/b21-17-,27-23+. The van der Waals surface area contributed by atoms with Gasteiger partial charge in [-0.1, -0.05) is 49.0 Å². The number of carboxylic acid groups (broad SMARTS) is 1. The van der Waals surface area contributed by atoms with Crippen molar-refractivity contribution in [2.75, 3.05) is 13.7 Å². The predicted molar refractivity (Wildman–Crippen MR) is 121 cm³/mol. The maximum Gasteiger partial charge on any atom is 0.303 e. The number of nitrogens with two attached hydrogens (primary N) is 1. The molecule has 0 amide bonds. The monoisotopic (exact) mass is 407 g/mol. The molecule has 0 heterocycles. The van der Waals surface area contributed by atoms with Crippen LogP contribution in [0.2, 0.25) is 0 Å². The Labute approximate surface area is 177 Å². The number of hydrazone groups is 1. The van der Waals surface area contributed by atoms with Crippen LogP contribution in [-0.4, -0.2) is 30.4 Å². The third-order valence-corrected chi connectivity index (χ3v) is 4.51. The highest BCUT2D eigenvalue weighted by atomic mass is 16.5. The molecule has 0 bridgehead atoms. The van der Waals surface area contributed by atoms with Crippen molar-refractivity contribution in [1.82, 2.24) is 5.43 Å². The van der Waals surface area contributed by atoms with Gasteiger partial charge in [0.05, 0.1) is 12.8 Å². The van der Waals surface area contributed by atoms with E-state index in [2.05, 4.69) is 17.1 Å². The molecule has 0 aliphatic heterocycles. The summed E-state index contributed by atoms with van der Waals surface area (Å²) in [5.74, 6) is 0.00873. The van der Waals surface area contributed by atoms with E-state index in [1.807, 2.05) is 60.7 Å². The summed E-state index contributed by atoms with van der Waals surface area (Å²) >= 11 is 0. The highest BCUT2D eigenvalue weighted by molar-refractivity contribution is 6.09. The Bertz CT molecular complexity index is 888. The molecule has 4 N–H and O–H groups in total. The maximum atomic E-state index is 10.7. The SMILES string of the molecule is C=C(N)/C(=C\C(=N/NCCCC(=O)O)c1ccccc1)CCc1ccc(OC)cc1. The van der Waals surface area contributed by atoms with E-state index in [0.29, 0.717) is 25.1 Å². The molecule has 2 aromatic carbocycles. The van der Waals surface area contributed by atoms with Crippen LogP contribution in [0.3, 0.4) is 0 Å². The summed E-state index contributed by atoms with van der Waals surface area (Å²) < 4.78 is 5.20. The minimum absolute atomic E-state index is 0.103. The van der Waals surface area contributed by atoms with Gasteiger partial charge < -0.3 is 21.0 Å². The quantitative estimate of drug-likeness (QED) is 0.215. The number of aliphatic carboxylic acids is 1. The van der Waals surface area contributed by atoms with Crippen molar-refractivity contribution in [1.29, 1.82) is 0 Å². The lowest BCUT2D eigenvalue weighted by atomic mass is 9.99. The second-order valence-electron chi connectivity index (χ2n) is 6.81. The van der Waals surface area contributed by atoms with Crippen LogP contribution >= 0.6 is 0 Å². The summed E-state index contributed by atoms with van der Waals surface area (Å²) in [7, 11) is 1.65. The van der Waals surface area contributed by atoms with Gasteiger partial charge in [0.1, 0.15) is 5.75 Å². The van der Waals surface area contributed by atoms with Crippen molar-refractivity contribution >= 4 is 11.7 Å². The largest absolute Gasteiger partial charge is 0.497 e. The highest BCUT2D eigenvalue weighted by Gasteiger charge is 2.07. The molecule has 30 heavy (non-hydrogen) atoms. The molecular weight excluding hydrogens is 378 g/mol. The predicted octanol–water partition coefficient (Wildman–Crippen LogP) is 3.89. The number of methoxy groups -OCH3 is 1. The Morgan fingerprint density at radius 2 is 1.87 bits per heavy atom. The normalized spacial score (nSPS) is 11.8. The lowest BCUT2D eigenvalue weighted by Crippen LogP contribution is -2.14. The second kappa shape index (κ2) is 12.1. The maximum absolute atomic E-state index is 10.7. The number of hydrogen-bond donors (Lipinski definition) is 3. The first-order chi connectivity index (χ1) is 14.5. The van der Waals surface area contributed by atoms with E-state index < -0.39 is 5.97 Å². The molecule has 2 rings (SSSR count). The number of rotatable bonds is 12. The third-order valence-electron chi connectivity index (χ3n) is 4.51. The van der Waals surface area contributed by atoms with Gasteiger partial charge in [-0.2, -0.15) is 5.10 Å². The number of allylic oxidation sites excluding steroid dienone is 2. The average Bonchev–Trinajstić information content (AvgIpc) is 2.75. The molecule has 0 aliphatic carbocycles. The molecule has 0 saturated carbocycles. The summed E-state index contributed by atoms with van der Waals surface area (Å²) in [6.07, 6.45) is 4.06. The Morgan fingerprint density at radius 3 is 2.47 bits per heavy atom. The fraction of sp³-hybridized carbons (Fsp3) is 0.250. The zero-order valence-corrected chi connectivity index (χ0v) is 17.3. The van der Waals surface area contributed by atoms with Crippen molar-refractivity contribution in [3.05, 3.63) is 89.6 Å². The summed E-state index contributed by atoms with van der Waals surface area (Å²) in [4.78, 5) is 10.7. The van der Waals surface area contributed by atoms with Crippen molar-refractivity contribution < 1.29 is 14.6 Å². The van der Waals surface area contributed by atoms with E-state index >= 15 is 0 Å². The number of carboxylic acids is 1. The summed E-state index contributed by atoms with van der Waals surface area (Å²) in [6, 6.07) is 17.7. The van der Waals surface area contributed by atoms with E-state index in [9.17, 15) is 4.79 Å². The van der Waals surface area contributed by atoms with E-state index in [4.69, 9.17) is 15.6 Å². The van der Waals surface area contributed by atoms with Gasteiger partial charge in [0.2, 0.25) is 0 Å². The number of hydrogen-bond acceptors (Lipinski definition) is 5. The smallest absolute Gasteiger partial charge is 0.303 e. The van der Waals surface area contributed by atoms with E-state index in [1.54, 1.807) is 7.11 Å². The van der Waals surface area contributed by atoms with Gasteiger partial charge in [-0.15, -0.1) is 0 Å². The molecule has 0 atom stereocenters. The van der Waals surface area contributed by atoms with Crippen LogP contribution < -0.4 is 15.9 Å². The third kappa shape index (κ3) is 7.83. The molecule has 0 aromatic heterocycles. The van der Waals surface area contributed by atoms with Crippen molar-refractivity contribution in [2.45, 2.75) is 25.7 Å². The Morgan fingerprint density at radius 1 is 1.17 bits per heavy atom. The number of carbonyl (C=O) groups is 1. The molecule has 0 fully saturated rings. The molecule has 158 valence electrons. The van der Waals surface area contributed by atoms with Gasteiger partial charge in [0.15, 0.2) is 0 Å². The topological polar surface area (TPSA) is 96.9 Å². The zero-order chi connectivity index (χ0) is 21.8.